The van der Waals surface area contributed by atoms with E-state index in [0.29, 0.717) is 24.8 Å². The summed E-state index contributed by atoms with van der Waals surface area (Å²) < 4.78 is 65.2. The Labute approximate surface area is 342 Å². The number of esters is 6. The number of hydrogen-bond acceptors (Lipinski definition) is 16. The summed E-state index contributed by atoms with van der Waals surface area (Å²) in [5.41, 5.74) is -11.6. The average molecular weight is 827 g/mol. The maximum Gasteiger partial charge on any atom is 0.331 e. The first kappa shape index (κ1) is 41.5. The van der Waals surface area contributed by atoms with Gasteiger partial charge in [0.25, 0.3) is 5.97 Å². The van der Waals surface area contributed by atoms with Crippen LogP contribution >= 0.6 is 0 Å². The van der Waals surface area contributed by atoms with E-state index in [2.05, 4.69) is 0 Å². The summed E-state index contributed by atoms with van der Waals surface area (Å²) in [5, 5.41) is 0. The quantitative estimate of drug-likeness (QED) is 0.185. The Kier molecular flexibility index (Phi) is 9.39. The van der Waals surface area contributed by atoms with Gasteiger partial charge in [-0.2, -0.15) is 0 Å². The molecule has 1 unspecified atom stereocenters. The molecule has 0 radical (unpaired) electrons. The minimum atomic E-state index is -2.19. The molecule has 1 aromatic rings. The van der Waals surface area contributed by atoms with E-state index in [-0.39, 0.29) is 44.1 Å². The molecule has 0 aromatic carbocycles. The van der Waals surface area contributed by atoms with Gasteiger partial charge in [0.05, 0.1) is 25.1 Å². The van der Waals surface area contributed by atoms with Gasteiger partial charge in [-0.05, 0) is 50.2 Å². The highest BCUT2D eigenvalue weighted by Crippen LogP contribution is 2.90. The van der Waals surface area contributed by atoms with E-state index in [0.717, 1.165) is 0 Å². The fourth-order valence-electron chi connectivity index (χ4n) is 13.2. The maximum atomic E-state index is 14.4. The summed E-state index contributed by atoms with van der Waals surface area (Å²) in [7, 11) is 1.27. The second-order valence-electron chi connectivity index (χ2n) is 18.0. The number of hydrogen-bond donors (Lipinski definition) is 0. The van der Waals surface area contributed by atoms with Crippen LogP contribution in [-0.4, -0.2) is 89.6 Å². The van der Waals surface area contributed by atoms with Gasteiger partial charge in [0.2, 0.25) is 5.60 Å². The molecule has 6 fully saturated rings. The van der Waals surface area contributed by atoms with Crippen LogP contribution in [-0.2, 0) is 71.4 Å². The number of carbonyl (C=O) groups excluding carboxylic acids is 6. The van der Waals surface area contributed by atoms with Crippen LogP contribution < -0.4 is 0 Å². The van der Waals surface area contributed by atoms with Gasteiger partial charge in [0.15, 0.2) is 17.8 Å². The molecule has 4 heterocycles. The molecule has 0 amide bonds. The Hall–Kier alpha value is -4.28. The molecule has 16 heteroatoms. The van der Waals surface area contributed by atoms with E-state index in [1.54, 1.807) is 33.8 Å². The molecule has 3 aliphatic heterocycles. The van der Waals surface area contributed by atoms with E-state index in [9.17, 15) is 28.8 Å². The minimum absolute atomic E-state index is 0.00771. The lowest BCUT2D eigenvalue weighted by Crippen LogP contribution is -2.94. The molecule has 16 nitrogen and oxygen atoms in total. The first-order valence-electron chi connectivity index (χ1n) is 20.7. The Bertz CT molecular complexity index is 2010. The van der Waals surface area contributed by atoms with Crippen LogP contribution in [0.1, 0.15) is 125 Å². The number of cyclic esters (lactones) is 1. The van der Waals surface area contributed by atoms with Crippen molar-refractivity contribution in [2.75, 3.05) is 7.11 Å². The number of methoxy groups -OCH3 is 1. The molecule has 13 atom stereocenters. The molecule has 4 saturated carbocycles. The van der Waals surface area contributed by atoms with Gasteiger partial charge < -0.3 is 47.0 Å². The fraction of sp³-hybridized carbons (Fsp3) is 0.721. The highest BCUT2D eigenvalue weighted by Gasteiger charge is 3.05. The van der Waals surface area contributed by atoms with E-state index < -0.39 is 111 Å². The van der Waals surface area contributed by atoms with E-state index in [4.69, 9.17) is 47.0 Å². The second kappa shape index (κ2) is 13.4. The largest absolute Gasteiger partial charge is 0.472 e. The molecule has 2 saturated heterocycles. The van der Waals surface area contributed by atoms with Crippen molar-refractivity contribution in [2.24, 2.45) is 22.2 Å². The topological polar surface area (TPSA) is 199 Å². The van der Waals surface area contributed by atoms with Crippen molar-refractivity contribution in [2.45, 2.75) is 166 Å². The number of ether oxygens (including phenoxy) is 9. The van der Waals surface area contributed by atoms with Crippen molar-refractivity contribution in [3.8, 4) is 0 Å². The third-order valence-corrected chi connectivity index (χ3v) is 14.9. The van der Waals surface area contributed by atoms with Crippen LogP contribution in [0, 0.1) is 22.2 Å². The van der Waals surface area contributed by atoms with Gasteiger partial charge in [0, 0.05) is 68.4 Å². The molecular weight excluding hydrogens is 772 g/mol. The van der Waals surface area contributed by atoms with E-state index >= 15 is 0 Å². The molecule has 1 aromatic heterocycles. The lowest BCUT2D eigenvalue weighted by Gasteiger charge is -2.76. The van der Waals surface area contributed by atoms with Gasteiger partial charge in [-0.25, -0.2) is 4.79 Å². The molecule has 8 rings (SSSR count). The van der Waals surface area contributed by atoms with Crippen molar-refractivity contribution in [3.05, 3.63) is 35.8 Å². The highest BCUT2D eigenvalue weighted by atomic mass is 16.9. The first-order chi connectivity index (χ1) is 27.8. The van der Waals surface area contributed by atoms with Crippen LogP contribution in [0.5, 0.6) is 0 Å². The van der Waals surface area contributed by atoms with Crippen molar-refractivity contribution in [1.82, 2.24) is 0 Å². The monoisotopic (exact) mass is 826 g/mol. The first-order valence-corrected chi connectivity index (χ1v) is 20.7. The van der Waals surface area contributed by atoms with Crippen LogP contribution in [0.2, 0.25) is 0 Å². The normalized spacial score (nSPS) is 44.1. The van der Waals surface area contributed by atoms with Gasteiger partial charge in [-0.3, -0.25) is 24.0 Å². The maximum absolute atomic E-state index is 14.4. The Morgan fingerprint density at radius 3 is 2.07 bits per heavy atom. The average Bonchev–Trinajstić information content (AvgIpc) is 3.85. The molecule has 0 N–H and O–H groups in total. The van der Waals surface area contributed by atoms with Crippen LogP contribution in [0.15, 0.2) is 34.7 Å². The summed E-state index contributed by atoms with van der Waals surface area (Å²) in [5.74, 6) is -6.92. The molecule has 59 heavy (non-hydrogen) atoms. The number of fused-ring (bicyclic) bond motifs is 3. The van der Waals surface area contributed by atoms with E-state index in [1.807, 2.05) is 20.8 Å². The van der Waals surface area contributed by atoms with Gasteiger partial charge in [0.1, 0.15) is 23.4 Å². The van der Waals surface area contributed by atoms with Crippen molar-refractivity contribution in [3.63, 3.8) is 0 Å². The predicted molar refractivity (Wildman–Crippen MR) is 198 cm³/mol. The highest BCUT2D eigenvalue weighted by molar-refractivity contribution is 5.86. The van der Waals surface area contributed by atoms with Gasteiger partial charge >= 0.3 is 35.8 Å². The second-order valence-corrected chi connectivity index (χ2v) is 18.0. The lowest BCUT2D eigenvalue weighted by molar-refractivity contribution is -0.476. The predicted octanol–water partition coefficient (Wildman–Crippen LogP) is 5.24. The fourth-order valence-corrected chi connectivity index (χ4v) is 13.2. The van der Waals surface area contributed by atoms with Crippen molar-refractivity contribution >= 4 is 35.8 Å². The Balaban J connectivity index is 1.54. The smallest absolute Gasteiger partial charge is 0.331 e. The summed E-state index contributed by atoms with van der Waals surface area (Å²) in [6.07, 6.45) is -0.609. The van der Waals surface area contributed by atoms with Crippen molar-refractivity contribution < 1.29 is 75.8 Å². The standard InChI is InChI=1S/C43H54O16/c1-10-13-28(45)53-27-20-40-38(7)25(18-31(48)50-9)36(5)22-41(38)43(34(36)52-23(4)44,56-30(47)15-12-3)35(55-29(46)14-11-2)42(40,59-39(8,57-40)58-41)26-19-32(49)54-33(37(26,27)6)24-16-17-51-21-24/h16-17,19,21,25,27,33-35H,10-15,18,20,22H2,1-9H3/t25-,27-,33-,34-,35-,36+,37-,38-,39?,40-,41-,42+,43-/m0/s1. The number of furan rings is 1. The third-order valence-electron chi connectivity index (χ3n) is 14.9. The lowest BCUT2D eigenvalue weighted by atomic mass is 9.34. The number of rotatable bonds is 13. The minimum Gasteiger partial charge on any atom is -0.472 e. The number of carbonyl (C=O) groups is 6. The summed E-state index contributed by atoms with van der Waals surface area (Å²) in [4.78, 5) is 83.8. The van der Waals surface area contributed by atoms with Crippen LogP contribution in [0.25, 0.3) is 0 Å². The summed E-state index contributed by atoms with van der Waals surface area (Å²) in [6, 6.07) is 1.63. The molecule has 322 valence electrons. The molecule has 2 spiro atoms. The molecular formula is C43H54O16. The van der Waals surface area contributed by atoms with Gasteiger partial charge in [-0.1, -0.05) is 34.6 Å². The zero-order valence-electron chi connectivity index (χ0n) is 35.1. The Morgan fingerprint density at radius 2 is 1.46 bits per heavy atom. The zero-order chi connectivity index (χ0) is 42.8. The molecule has 4 bridgehead atoms. The Morgan fingerprint density at radius 1 is 0.814 bits per heavy atom. The zero-order valence-corrected chi connectivity index (χ0v) is 35.1. The third kappa shape index (κ3) is 4.87. The molecule has 7 aliphatic rings. The summed E-state index contributed by atoms with van der Waals surface area (Å²) >= 11 is 0. The van der Waals surface area contributed by atoms with Crippen LogP contribution in [0.4, 0.5) is 0 Å². The molecule has 4 aliphatic carbocycles. The van der Waals surface area contributed by atoms with E-state index in [1.165, 1.54) is 32.6 Å². The van der Waals surface area contributed by atoms with Crippen LogP contribution in [0.3, 0.4) is 0 Å². The van der Waals surface area contributed by atoms with Crippen molar-refractivity contribution in [1.29, 1.82) is 0 Å². The SMILES string of the molecule is CCCC(=O)O[C@H]1C[C@@]23OC4(C)O[C@]56C[C@@](C)([C@H](OC(C)=O)[C@]5(OC(=O)CCC)[C@@H](OC(=O)CCC)[C@]2(O4)C2=CC(=O)O[C@@H](c4ccoc4)[C@@]21C)[C@H](CC(=O)OC)[C@@]36C. The summed E-state index contributed by atoms with van der Waals surface area (Å²) in [6.45, 7) is 13.7. The van der Waals surface area contributed by atoms with Gasteiger partial charge in [-0.15, -0.1) is 0 Å².